The highest BCUT2D eigenvalue weighted by molar-refractivity contribution is 6.39. The zero-order valence-corrected chi connectivity index (χ0v) is 15.7. The molecule has 0 atom stereocenters. The monoisotopic (exact) mass is 447 g/mol. The minimum atomic E-state index is -4.39. The number of benzene rings is 2. The number of aromatic hydroxyl groups is 1. The highest BCUT2D eigenvalue weighted by atomic mass is 35.5. The molecular formula is C18H14ClF4N3O4. The van der Waals surface area contributed by atoms with Gasteiger partial charge in [-0.15, -0.1) is 0 Å². The number of ether oxygens (including phenoxy) is 1. The van der Waals surface area contributed by atoms with E-state index < -0.39 is 30.8 Å². The van der Waals surface area contributed by atoms with Gasteiger partial charge in [0.15, 0.2) is 6.61 Å². The number of hydrazone groups is 1. The van der Waals surface area contributed by atoms with Crippen molar-refractivity contribution in [1.29, 1.82) is 0 Å². The van der Waals surface area contributed by atoms with Gasteiger partial charge in [-0.05, 0) is 24.3 Å². The molecule has 2 rings (SSSR count). The van der Waals surface area contributed by atoms with Crippen molar-refractivity contribution in [2.24, 2.45) is 5.10 Å². The Morgan fingerprint density at radius 1 is 1.17 bits per heavy atom. The number of nitrogens with one attached hydrogen (secondary N) is 2. The molecule has 0 unspecified atom stereocenters. The third kappa shape index (κ3) is 6.08. The second kappa shape index (κ2) is 9.92. The largest absolute Gasteiger partial charge is 0.506 e. The van der Waals surface area contributed by atoms with Crippen molar-refractivity contribution in [2.45, 2.75) is 12.3 Å². The Morgan fingerprint density at radius 2 is 1.87 bits per heavy atom. The smallest absolute Gasteiger partial charge is 0.340 e. The number of amides is 2. The third-order valence-electron chi connectivity index (χ3n) is 3.47. The molecule has 0 aliphatic heterocycles. The summed E-state index contributed by atoms with van der Waals surface area (Å²) in [6.07, 6.45) is -2.89. The summed E-state index contributed by atoms with van der Waals surface area (Å²) in [6.45, 7) is -1.63. The van der Waals surface area contributed by atoms with Crippen molar-refractivity contribution < 1.29 is 37.0 Å². The molecule has 0 radical (unpaired) electrons. The minimum Gasteiger partial charge on any atom is -0.506 e. The van der Waals surface area contributed by atoms with Gasteiger partial charge in [0.25, 0.3) is 0 Å². The predicted molar refractivity (Wildman–Crippen MR) is 100 cm³/mol. The van der Waals surface area contributed by atoms with Gasteiger partial charge in [0.1, 0.15) is 11.5 Å². The van der Waals surface area contributed by atoms with E-state index in [-0.39, 0.29) is 27.8 Å². The number of hydrogen-bond donors (Lipinski definition) is 3. The fourth-order valence-corrected chi connectivity index (χ4v) is 2.14. The average Bonchev–Trinajstić information content (AvgIpc) is 2.70. The molecule has 2 aromatic rings. The standard InChI is InChI=1S/C18H14ClF4N3O4/c19-11-5-3-4-10(14(11)27)8-24-26-16(29)15(28)25-12-6-1-2-7-13(12)30-9-18(22,23)17(20)21/h1-8,17,27H,9H2,(H,25,28)(H,26,29)/b24-8+. The predicted octanol–water partition coefficient (Wildman–Crippen LogP) is 3.41. The maximum atomic E-state index is 13.0. The number of para-hydroxylation sites is 3. The quantitative estimate of drug-likeness (QED) is 0.262. The summed E-state index contributed by atoms with van der Waals surface area (Å²) in [5.41, 5.74) is 1.87. The fraction of sp³-hybridized carbons (Fsp3) is 0.167. The highest BCUT2D eigenvalue weighted by Gasteiger charge is 2.41. The number of hydrogen-bond acceptors (Lipinski definition) is 5. The van der Waals surface area contributed by atoms with Crippen molar-refractivity contribution in [2.75, 3.05) is 11.9 Å². The van der Waals surface area contributed by atoms with E-state index in [1.165, 1.54) is 36.4 Å². The SMILES string of the molecule is O=C(N/N=C/c1cccc(Cl)c1O)C(=O)Nc1ccccc1OCC(F)(F)C(F)F. The van der Waals surface area contributed by atoms with E-state index in [1.54, 1.807) is 0 Å². The van der Waals surface area contributed by atoms with Crippen LogP contribution < -0.4 is 15.5 Å². The van der Waals surface area contributed by atoms with E-state index in [1.807, 2.05) is 5.43 Å². The third-order valence-corrected chi connectivity index (χ3v) is 3.77. The van der Waals surface area contributed by atoms with E-state index in [0.717, 1.165) is 12.3 Å². The molecule has 0 aliphatic rings. The van der Waals surface area contributed by atoms with Crippen LogP contribution in [0.4, 0.5) is 23.2 Å². The van der Waals surface area contributed by atoms with Gasteiger partial charge in [0.2, 0.25) is 0 Å². The van der Waals surface area contributed by atoms with Crippen molar-refractivity contribution in [1.82, 2.24) is 5.43 Å². The first-order valence-electron chi connectivity index (χ1n) is 8.11. The fourth-order valence-electron chi connectivity index (χ4n) is 1.96. The first-order valence-corrected chi connectivity index (χ1v) is 8.49. The van der Waals surface area contributed by atoms with Crippen LogP contribution in [0, 0.1) is 0 Å². The average molecular weight is 448 g/mol. The van der Waals surface area contributed by atoms with Gasteiger partial charge in [-0.3, -0.25) is 9.59 Å². The molecule has 2 amide bonds. The Hall–Kier alpha value is -3.34. The molecule has 12 heteroatoms. The van der Waals surface area contributed by atoms with E-state index in [9.17, 15) is 32.3 Å². The molecule has 0 spiro atoms. The van der Waals surface area contributed by atoms with Crippen LogP contribution in [-0.4, -0.2) is 42.1 Å². The zero-order valence-electron chi connectivity index (χ0n) is 14.9. The Bertz CT molecular complexity index is 957. The van der Waals surface area contributed by atoms with E-state index in [0.29, 0.717) is 0 Å². The normalized spacial score (nSPS) is 11.5. The Balaban J connectivity index is 1.99. The Kier molecular flexibility index (Phi) is 7.59. The van der Waals surface area contributed by atoms with Crippen LogP contribution in [0.25, 0.3) is 0 Å². The lowest BCUT2D eigenvalue weighted by Crippen LogP contribution is -2.34. The number of phenols is 1. The summed E-state index contributed by atoms with van der Waals surface area (Å²) in [6, 6.07) is 9.51. The van der Waals surface area contributed by atoms with Crippen molar-refractivity contribution in [3.8, 4) is 11.5 Å². The number of phenolic OH excluding ortho intramolecular Hbond substituents is 1. The number of anilines is 1. The second-order valence-electron chi connectivity index (χ2n) is 5.68. The van der Waals surface area contributed by atoms with Gasteiger partial charge >= 0.3 is 24.2 Å². The summed E-state index contributed by atoms with van der Waals surface area (Å²) < 4.78 is 55.2. The van der Waals surface area contributed by atoms with E-state index in [4.69, 9.17) is 11.6 Å². The molecule has 0 aliphatic carbocycles. The van der Waals surface area contributed by atoms with Crippen LogP contribution in [-0.2, 0) is 9.59 Å². The minimum absolute atomic E-state index is 0.0528. The lowest BCUT2D eigenvalue weighted by Gasteiger charge is -2.17. The second-order valence-corrected chi connectivity index (χ2v) is 6.08. The molecular weight excluding hydrogens is 434 g/mol. The van der Waals surface area contributed by atoms with Crippen LogP contribution in [0.5, 0.6) is 11.5 Å². The summed E-state index contributed by atoms with van der Waals surface area (Å²) in [7, 11) is 0. The molecule has 7 nitrogen and oxygen atoms in total. The molecule has 30 heavy (non-hydrogen) atoms. The first-order chi connectivity index (χ1) is 14.1. The van der Waals surface area contributed by atoms with Crippen LogP contribution in [0.2, 0.25) is 5.02 Å². The topological polar surface area (TPSA) is 100 Å². The Labute approximate surface area is 172 Å². The number of carbonyl (C=O) groups is 2. The molecule has 0 saturated heterocycles. The zero-order chi connectivity index (χ0) is 22.3. The number of carbonyl (C=O) groups excluding carboxylic acids is 2. The summed E-state index contributed by atoms with van der Waals surface area (Å²) in [5.74, 6) is -7.49. The van der Waals surface area contributed by atoms with Crippen LogP contribution >= 0.6 is 11.6 Å². The number of alkyl halides is 4. The maximum Gasteiger partial charge on any atom is 0.340 e. The molecule has 0 heterocycles. The van der Waals surface area contributed by atoms with E-state index >= 15 is 0 Å². The maximum absolute atomic E-state index is 13.0. The van der Waals surface area contributed by atoms with Gasteiger partial charge in [0.05, 0.1) is 16.9 Å². The lowest BCUT2D eigenvalue weighted by atomic mass is 10.2. The van der Waals surface area contributed by atoms with Crippen molar-refractivity contribution >= 4 is 35.3 Å². The van der Waals surface area contributed by atoms with Gasteiger partial charge in [-0.25, -0.2) is 14.2 Å². The highest BCUT2D eigenvalue weighted by Crippen LogP contribution is 2.28. The molecule has 0 bridgehead atoms. The van der Waals surface area contributed by atoms with Crippen LogP contribution in [0.1, 0.15) is 5.56 Å². The van der Waals surface area contributed by atoms with E-state index in [2.05, 4.69) is 15.2 Å². The van der Waals surface area contributed by atoms with Crippen molar-refractivity contribution in [3.63, 3.8) is 0 Å². The van der Waals surface area contributed by atoms with Crippen molar-refractivity contribution in [3.05, 3.63) is 53.1 Å². The first kappa shape index (κ1) is 22.9. The summed E-state index contributed by atoms with van der Waals surface area (Å²) in [4.78, 5) is 23.8. The number of rotatable bonds is 7. The molecule has 0 aromatic heterocycles. The van der Waals surface area contributed by atoms with Crippen LogP contribution in [0.15, 0.2) is 47.6 Å². The molecule has 160 valence electrons. The van der Waals surface area contributed by atoms with Gasteiger partial charge in [-0.2, -0.15) is 13.9 Å². The summed E-state index contributed by atoms with van der Waals surface area (Å²) >= 11 is 5.72. The van der Waals surface area contributed by atoms with Crippen LogP contribution in [0.3, 0.4) is 0 Å². The molecule has 3 N–H and O–H groups in total. The number of halogens is 5. The summed E-state index contributed by atoms with van der Waals surface area (Å²) in [5, 5.41) is 15.4. The number of nitrogens with zero attached hydrogens (tertiary/aromatic N) is 1. The molecule has 2 aromatic carbocycles. The molecule has 0 fully saturated rings. The van der Waals surface area contributed by atoms with Gasteiger partial charge in [-0.1, -0.05) is 29.8 Å². The lowest BCUT2D eigenvalue weighted by molar-refractivity contribution is -0.148. The van der Waals surface area contributed by atoms with Gasteiger partial charge < -0.3 is 15.2 Å². The van der Waals surface area contributed by atoms with Gasteiger partial charge in [0, 0.05) is 5.56 Å². The Morgan fingerprint density at radius 3 is 2.57 bits per heavy atom. The molecule has 0 saturated carbocycles.